The number of carbonyl (C=O) groups excluding carboxylic acids is 1. The first-order valence-corrected chi connectivity index (χ1v) is 8.26. The van der Waals surface area contributed by atoms with Crippen molar-refractivity contribution in [1.82, 2.24) is 0 Å². The molecule has 3 nitrogen and oxygen atoms in total. The fraction of sp³-hybridized carbons (Fsp3) is 0.0952. The molecule has 0 fully saturated rings. The van der Waals surface area contributed by atoms with Gasteiger partial charge >= 0.3 is 5.97 Å². The fourth-order valence-electron chi connectivity index (χ4n) is 2.36. The van der Waals surface area contributed by atoms with Crippen molar-refractivity contribution in [2.45, 2.75) is 13.5 Å². The highest BCUT2D eigenvalue weighted by molar-refractivity contribution is 6.31. The predicted octanol–water partition coefficient (Wildman–Crippen LogP) is 5.45. The number of esters is 1. The van der Waals surface area contributed by atoms with Gasteiger partial charge in [-0.15, -0.1) is 0 Å². The maximum Gasteiger partial charge on any atom is 0.347 e. The normalized spacial score (nSPS) is 10.3. The Kier molecular flexibility index (Phi) is 5.36. The van der Waals surface area contributed by atoms with Crippen LogP contribution in [0.2, 0.25) is 5.02 Å². The lowest BCUT2D eigenvalue weighted by Gasteiger charge is -2.12. The molecule has 3 aromatic rings. The number of benzene rings is 3. The Morgan fingerprint density at radius 1 is 0.880 bits per heavy atom. The minimum absolute atomic E-state index is 0.272. The van der Waals surface area contributed by atoms with E-state index in [1.54, 1.807) is 30.3 Å². The molecule has 3 aromatic carbocycles. The molecule has 0 aliphatic heterocycles. The molecule has 0 aromatic heterocycles. The summed E-state index contributed by atoms with van der Waals surface area (Å²) in [4.78, 5) is 12.5. The molecule has 0 bridgehead atoms. The van der Waals surface area contributed by atoms with E-state index in [0.29, 0.717) is 22.1 Å². The summed E-state index contributed by atoms with van der Waals surface area (Å²) in [6, 6.07) is 21.8. The molecule has 0 saturated carbocycles. The first-order chi connectivity index (χ1) is 12.1. The van der Waals surface area contributed by atoms with E-state index in [-0.39, 0.29) is 6.61 Å². The largest absolute Gasteiger partial charge is 0.488 e. The number of aryl methyl sites for hydroxylation is 1. The third-order valence-corrected chi connectivity index (χ3v) is 4.11. The van der Waals surface area contributed by atoms with Gasteiger partial charge in [-0.1, -0.05) is 60.1 Å². The molecule has 25 heavy (non-hydrogen) atoms. The van der Waals surface area contributed by atoms with Crippen LogP contribution in [0.1, 0.15) is 21.5 Å². The summed E-state index contributed by atoms with van der Waals surface area (Å²) in [6.07, 6.45) is 0. The topological polar surface area (TPSA) is 35.5 Å². The van der Waals surface area contributed by atoms with Crippen LogP contribution in [0.3, 0.4) is 0 Å². The van der Waals surface area contributed by atoms with Gasteiger partial charge in [0, 0.05) is 10.6 Å². The first-order valence-electron chi connectivity index (χ1n) is 7.88. The Balaban J connectivity index is 1.77. The molecule has 0 amide bonds. The van der Waals surface area contributed by atoms with Gasteiger partial charge < -0.3 is 9.47 Å². The highest BCUT2D eigenvalue weighted by Gasteiger charge is 2.15. The van der Waals surface area contributed by atoms with Crippen molar-refractivity contribution in [1.29, 1.82) is 0 Å². The van der Waals surface area contributed by atoms with E-state index in [2.05, 4.69) is 0 Å². The van der Waals surface area contributed by atoms with Crippen LogP contribution in [-0.2, 0) is 6.61 Å². The van der Waals surface area contributed by atoms with Crippen molar-refractivity contribution in [3.8, 4) is 11.5 Å². The molecule has 0 aliphatic rings. The van der Waals surface area contributed by atoms with Gasteiger partial charge in [0.25, 0.3) is 0 Å². The monoisotopic (exact) mass is 352 g/mol. The van der Waals surface area contributed by atoms with E-state index in [0.717, 1.165) is 11.1 Å². The smallest absolute Gasteiger partial charge is 0.347 e. The van der Waals surface area contributed by atoms with Gasteiger partial charge in [-0.25, -0.2) is 4.79 Å². The summed E-state index contributed by atoms with van der Waals surface area (Å²) >= 11 is 6.15. The third-order valence-electron chi connectivity index (χ3n) is 3.74. The lowest BCUT2D eigenvalue weighted by atomic mass is 10.2. The molecular weight excluding hydrogens is 336 g/mol. The van der Waals surface area contributed by atoms with Crippen LogP contribution in [0.4, 0.5) is 0 Å². The minimum Gasteiger partial charge on any atom is -0.488 e. The Morgan fingerprint density at radius 3 is 2.28 bits per heavy atom. The van der Waals surface area contributed by atoms with Crippen LogP contribution in [-0.4, -0.2) is 5.97 Å². The summed E-state index contributed by atoms with van der Waals surface area (Å²) < 4.78 is 11.3. The molecule has 0 atom stereocenters. The van der Waals surface area contributed by atoms with E-state index in [9.17, 15) is 4.79 Å². The predicted molar refractivity (Wildman–Crippen MR) is 98.4 cm³/mol. The lowest BCUT2D eigenvalue weighted by molar-refractivity contribution is 0.0728. The summed E-state index contributed by atoms with van der Waals surface area (Å²) in [7, 11) is 0. The van der Waals surface area contributed by atoms with Crippen LogP contribution in [0, 0.1) is 6.92 Å². The average Bonchev–Trinajstić information content (AvgIpc) is 2.63. The molecule has 0 radical (unpaired) electrons. The van der Waals surface area contributed by atoms with Gasteiger partial charge in [-0.3, -0.25) is 0 Å². The summed E-state index contributed by atoms with van der Waals surface area (Å²) in [5.74, 6) is 0.540. The second-order valence-electron chi connectivity index (χ2n) is 5.53. The zero-order chi connectivity index (χ0) is 17.6. The van der Waals surface area contributed by atoms with Crippen LogP contribution in [0.15, 0.2) is 72.8 Å². The molecule has 0 aliphatic carbocycles. The van der Waals surface area contributed by atoms with Gasteiger partial charge in [-0.2, -0.15) is 0 Å². The minimum atomic E-state index is -0.455. The first kappa shape index (κ1) is 17.1. The van der Waals surface area contributed by atoms with Crippen molar-refractivity contribution in [2.24, 2.45) is 0 Å². The van der Waals surface area contributed by atoms with Gasteiger partial charge in [0.15, 0.2) is 0 Å². The van der Waals surface area contributed by atoms with Gasteiger partial charge in [0.1, 0.15) is 23.7 Å². The molecule has 0 N–H and O–H groups in total. The Bertz CT molecular complexity index is 890. The highest BCUT2D eigenvalue weighted by Crippen LogP contribution is 2.24. The average molecular weight is 353 g/mol. The molecule has 3 rings (SSSR count). The van der Waals surface area contributed by atoms with E-state index in [4.69, 9.17) is 21.1 Å². The second-order valence-corrected chi connectivity index (χ2v) is 5.94. The van der Waals surface area contributed by atoms with Crippen molar-refractivity contribution >= 4 is 17.6 Å². The van der Waals surface area contributed by atoms with Crippen LogP contribution < -0.4 is 9.47 Å². The van der Waals surface area contributed by atoms with Gasteiger partial charge in [-0.05, 0) is 36.8 Å². The maximum atomic E-state index is 12.5. The molecule has 4 heteroatoms. The van der Waals surface area contributed by atoms with Gasteiger partial charge in [0.2, 0.25) is 0 Å². The summed E-state index contributed by atoms with van der Waals surface area (Å²) in [5, 5.41) is 0.627. The number of hydrogen-bond acceptors (Lipinski definition) is 3. The number of para-hydroxylation sites is 2. The number of ether oxygens (including phenoxy) is 2. The van der Waals surface area contributed by atoms with Crippen LogP contribution >= 0.6 is 11.6 Å². The Labute approximate surface area is 151 Å². The van der Waals surface area contributed by atoms with Crippen molar-refractivity contribution in [2.75, 3.05) is 0 Å². The molecular formula is C21H17ClO3. The molecule has 126 valence electrons. The summed E-state index contributed by atoms with van der Waals surface area (Å²) in [6.45, 7) is 2.16. The molecule has 0 unspecified atom stereocenters. The Hall–Kier alpha value is -2.78. The number of rotatable bonds is 5. The van der Waals surface area contributed by atoms with Crippen molar-refractivity contribution < 1.29 is 14.3 Å². The third kappa shape index (κ3) is 4.20. The van der Waals surface area contributed by atoms with Crippen LogP contribution in [0.5, 0.6) is 11.5 Å². The summed E-state index contributed by atoms with van der Waals surface area (Å²) in [5.41, 5.74) is 2.12. The SMILES string of the molecule is Cc1ccccc1OC(=O)c1ccccc1OCc1ccccc1Cl. The molecule has 0 heterocycles. The molecule has 0 spiro atoms. The second kappa shape index (κ2) is 7.86. The zero-order valence-electron chi connectivity index (χ0n) is 13.7. The lowest BCUT2D eigenvalue weighted by Crippen LogP contribution is -2.11. The van der Waals surface area contributed by atoms with Crippen LogP contribution in [0.25, 0.3) is 0 Å². The van der Waals surface area contributed by atoms with Gasteiger partial charge in [0.05, 0.1) is 0 Å². The highest BCUT2D eigenvalue weighted by atomic mass is 35.5. The van der Waals surface area contributed by atoms with E-state index < -0.39 is 5.97 Å². The standard InChI is InChI=1S/C21H17ClO3/c1-15-8-2-6-12-19(15)25-21(23)17-10-4-7-13-20(17)24-14-16-9-3-5-11-18(16)22/h2-13H,14H2,1H3. The van der Waals surface area contributed by atoms with E-state index in [1.165, 1.54) is 0 Å². The quantitative estimate of drug-likeness (QED) is 0.452. The van der Waals surface area contributed by atoms with Crippen molar-refractivity contribution in [3.63, 3.8) is 0 Å². The number of carbonyl (C=O) groups is 1. The maximum absolute atomic E-state index is 12.5. The number of hydrogen-bond donors (Lipinski definition) is 0. The fourth-order valence-corrected chi connectivity index (χ4v) is 2.55. The number of halogens is 1. The zero-order valence-corrected chi connectivity index (χ0v) is 14.5. The Morgan fingerprint density at radius 2 is 1.52 bits per heavy atom. The van der Waals surface area contributed by atoms with E-state index in [1.807, 2.05) is 49.4 Å². The van der Waals surface area contributed by atoms with E-state index >= 15 is 0 Å². The molecule has 0 saturated heterocycles. The van der Waals surface area contributed by atoms with Crippen molar-refractivity contribution in [3.05, 3.63) is 94.5 Å².